The molecule has 2 amide bonds. The number of thiazole rings is 1. The van der Waals surface area contributed by atoms with Crippen LogP contribution in [0.2, 0.25) is 0 Å². The zero-order chi connectivity index (χ0) is 20.8. The molecule has 29 heavy (non-hydrogen) atoms. The third-order valence-electron chi connectivity index (χ3n) is 4.75. The monoisotopic (exact) mass is 415 g/mol. The number of hydrogen-bond donors (Lipinski definition) is 1. The zero-order valence-corrected chi connectivity index (χ0v) is 17.3. The molecule has 2 aromatic carbocycles. The van der Waals surface area contributed by atoms with E-state index in [1.165, 1.54) is 28.4 Å². The summed E-state index contributed by atoms with van der Waals surface area (Å²) in [6.45, 7) is 5.89. The Kier molecular flexibility index (Phi) is 4.90. The molecule has 8 heteroatoms. The van der Waals surface area contributed by atoms with E-state index in [1.54, 1.807) is 26.8 Å². The molecule has 1 atom stereocenters. The number of fused-ring (bicyclic) bond motifs is 3. The van der Waals surface area contributed by atoms with Crippen molar-refractivity contribution >= 4 is 49.5 Å². The Morgan fingerprint density at radius 3 is 2.83 bits per heavy atom. The van der Waals surface area contributed by atoms with Crippen LogP contribution in [0, 0.1) is 5.82 Å². The number of benzene rings is 2. The average Bonchev–Trinajstić information content (AvgIpc) is 3.26. The molecule has 0 bridgehead atoms. The molecular formula is C21H22FN3O3S. The molecule has 4 rings (SSSR count). The summed E-state index contributed by atoms with van der Waals surface area (Å²) in [5, 5.41) is 4.97. The highest BCUT2D eigenvalue weighted by Crippen LogP contribution is 2.33. The Hall–Kier alpha value is -2.74. The van der Waals surface area contributed by atoms with Gasteiger partial charge in [-0.2, -0.15) is 0 Å². The molecule has 2 heterocycles. The lowest BCUT2D eigenvalue weighted by Gasteiger charge is -2.27. The number of hydrogen-bond acceptors (Lipinski definition) is 5. The minimum absolute atomic E-state index is 0.275. The van der Waals surface area contributed by atoms with Crippen LogP contribution in [-0.4, -0.2) is 40.1 Å². The fourth-order valence-corrected chi connectivity index (χ4v) is 4.51. The SMILES string of the molecule is CC(C)(C)OC(=O)N1CCC[C@H]1C(=O)Nc1nc2ccc3cc(F)ccc3c2s1. The van der Waals surface area contributed by atoms with Gasteiger partial charge in [0.15, 0.2) is 5.13 Å². The van der Waals surface area contributed by atoms with E-state index in [1.807, 2.05) is 12.1 Å². The predicted octanol–water partition coefficient (Wildman–Crippen LogP) is 4.93. The fourth-order valence-electron chi connectivity index (χ4n) is 3.51. The highest BCUT2D eigenvalue weighted by atomic mass is 32.1. The van der Waals surface area contributed by atoms with Crippen molar-refractivity contribution in [2.75, 3.05) is 11.9 Å². The Balaban J connectivity index is 1.55. The summed E-state index contributed by atoms with van der Waals surface area (Å²) in [5.41, 5.74) is 0.119. The number of nitrogens with one attached hydrogen (secondary N) is 1. The minimum atomic E-state index is -0.617. The molecule has 1 saturated heterocycles. The molecule has 0 radical (unpaired) electrons. The number of carbonyl (C=O) groups excluding carboxylic acids is 2. The lowest BCUT2D eigenvalue weighted by molar-refractivity contribution is -0.120. The summed E-state index contributed by atoms with van der Waals surface area (Å²) in [4.78, 5) is 31.2. The van der Waals surface area contributed by atoms with Crippen LogP contribution in [0.25, 0.3) is 21.0 Å². The van der Waals surface area contributed by atoms with Crippen LogP contribution in [-0.2, 0) is 9.53 Å². The molecule has 6 nitrogen and oxygen atoms in total. The number of aromatic nitrogens is 1. The van der Waals surface area contributed by atoms with Gasteiger partial charge in [-0.05, 0) is 63.3 Å². The summed E-state index contributed by atoms with van der Waals surface area (Å²) in [6.07, 6.45) is 0.846. The maximum absolute atomic E-state index is 13.5. The highest BCUT2D eigenvalue weighted by Gasteiger charge is 2.36. The van der Waals surface area contributed by atoms with Crippen molar-refractivity contribution in [3.63, 3.8) is 0 Å². The largest absolute Gasteiger partial charge is 0.444 e. The second-order valence-electron chi connectivity index (χ2n) is 8.12. The van der Waals surface area contributed by atoms with Crippen LogP contribution in [0.3, 0.4) is 0 Å². The third-order valence-corrected chi connectivity index (χ3v) is 5.77. The van der Waals surface area contributed by atoms with Gasteiger partial charge in [0.05, 0.1) is 10.2 Å². The normalized spacial score (nSPS) is 17.1. The Morgan fingerprint density at radius 2 is 2.07 bits per heavy atom. The molecule has 152 valence electrons. The highest BCUT2D eigenvalue weighted by molar-refractivity contribution is 7.23. The van der Waals surface area contributed by atoms with E-state index in [-0.39, 0.29) is 11.7 Å². The first-order valence-electron chi connectivity index (χ1n) is 9.50. The van der Waals surface area contributed by atoms with Crippen LogP contribution in [0.15, 0.2) is 30.3 Å². The van der Waals surface area contributed by atoms with Gasteiger partial charge < -0.3 is 10.1 Å². The van der Waals surface area contributed by atoms with Gasteiger partial charge in [0.2, 0.25) is 5.91 Å². The number of halogens is 1. The summed E-state index contributed by atoms with van der Waals surface area (Å²) in [7, 11) is 0. The summed E-state index contributed by atoms with van der Waals surface area (Å²) in [6, 6.07) is 7.65. The van der Waals surface area contributed by atoms with Gasteiger partial charge >= 0.3 is 6.09 Å². The first kappa shape index (κ1) is 19.6. The molecule has 3 aromatic rings. The zero-order valence-electron chi connectivity index (χ0n) is 16.5. The molecule has 1 fully saturated rings. The first-order valence-corrected chi connectivity index (χ1v) is 10.3. The maximum atomic E-state index is 13.5. The molecule has 0 saturated carbocycles. The summed E-state index contributed by atoms with van der Waals surface area (Å²) >= 11 is 1.34. The van der Waals surface area contributed by atoms with E-state index in [0.717, 1.165) is 27.4 Å². The molecule has 0 unspecified atom stereocenters. The van der Waals surface area contributed by atoms with Crippen molar-refractivity contribution in [1.82, 2.24) is 9.88 Å². The van der Waals surface area contributed by atoms with Crippen LogP contribution >= 0.6 is 11.3 Å². The van der Waals surface area contributed by atoms with Crippen molar-refractivity contribution in [3.05, 3.63) is 36.1 Å². The summed E-state index contributed by atoms with van der Waals surface area (Å²) < 4.78 is 19.8. The van der Waals surface area contributed by atoms with Gasteiger partial charge in [0.1, 0.15) is 17.5 Å². The molecular weight excluding hydrogens is 393 g/mol. The van der Waals surface area contributed by atoms with Crippen LogP contribution in [0.5, 0.6) is 0 Å². The third kappa shape index (κ3) is 4.03. The fraction of sp³-hybridized carbons (Fsp3) is 0.381. The number of amides is 2. The lowest BCUT2D eigenvalue weighted by atomic mass is 10.1. The molecule has 1 aliphatic rings. The number of rotatable bonds is 2. The standard InChI is InChI=1S/C21H22FN3O3S/c1-21(2,3)28-20(27)25-10-4-5-16(25)18(26)24-19-23-15-9-6-12-11-13(22)7-8-14(12)17(15)29-19/h6-9,11,16H,4-5,10H2,1-3H3,(H,23,24,26)/t16-/m0/s1. The van der Waals surface area contributed by atoms with Crippen molar-refractivity contribution in [3.8, 4) is 0 Å². The van der Waals surface area contributed by atoms with E-state index in [0.29, 0.717) is 18.1 Å². The van der Waals surface area contributed by atoms with Gasteiger partial charge in [0, 0.05) is 11.9 Å². The Morgan fingerprint density at radius 1 is 1.28 bits per heavy atom. The van der Waals surface area contributed by atoms with E-state index >= 15 is 0 Å². The van der Waals surface area contributed by atoms with Gasteiger partial charge in [-0.25, -0.2) is 14.2 Å². The minimum Gasteiger partial charge on any atom is -0.444 e. The van der Waals surface area contributed by atoms with Crippen LogP contribution in [0.4, 0.5) is 14.3 Å². The van der Waals surface area contributed by atoms with Crippen LogP contribution in [0.1, 0.15) is 33.6 Å². The quantitative estimate of drug-likeness (QED) is 0.644. The van der Waals surface area contributed by atoms with Crippen molar-refractivity contribution in [2.45, 2.75) is 45.3 Å². The Bertz CT molecular complexity index is 1110. The van der Waals surface area contributed by atoms with Crippen molar-refractivity contribution in [1.29, 1.82) is 0 Å². The predicted molar refractivity (Wildman–Crippen MR) is 112 cm³/mol. The smallest absolute Gasteiger partial charge is 0.410 e. The van der Waals surface area contributed by atoms with Crippen LogP contribution < -0.4 is 5.32 Å². The Labute approximate surface area is 171 Å². The molecule has 0 spiro atoms. The second kappa shape index (κ2) is 7.26. The lowest BCUT2D eigenvalue weighted by Crippen LogP contribution is -2.45. The summed E-state index contributed by atoms with van der Waals surface area (Å²) in [5.74, 6) is -0.568. The van der Waals surface area contributed by atoms with E-state index in [9.17, 15) is 14.0 Å². The van der Waals surface area contributed by atoms with E-state index < -0.39 is 17.7 Å². The average molecular weight is 415 g/mol. The molecule has 1 aromatic heterocycles. The second-order valence-corrected chi connectivity index (χ2v) is 9.12. The maximum Gasteiger partial charge on any atom is 0.410 e. The number of nitrogens with zero attached hydrogens (tertiary/aromatic N) is 2. The number of ether oxygens (including phenoxy) is 1. The van der Waals surface area contributed by atoms with Crippen molar-refractivity contribution in [2.24, 2.45) is 0 Å². The van der Waals surface area contributed by atoms with Gasteiger partial charge in [-0.1, -0.05) is 17.4 Å². The number of carbonyl (C=O) groups is 2. The van der Waals surface area contributed by atoms with E-state index in [2.05, 4.69) is 10.3 Å². The molecule has 1 N–H and O–H groups in total. The van der Waals surface area contributed by atoms with E-state index in [4.69, 9.17) is 4.74 Å². The van der Waals surface area contributed by atoms with Gasteiger partial charge in [0.25, 0.3) is 0 Å². The number of anilines is 1. The topological polar surface area (TPSA) is 71.5 Å². The van der Waals surface area contributed by atoms with Gasteiger partial charge in [-0.15, -0.1) is 0 Å². The molecule has 1 aliphatic heterocycles. The van der Waals surface area contributed by atoms with Gasteiger partial charge in [-0.3, -0.25) is 9.69 Å². The molecule has 0 aliphatic carbocycles. The number of likely N-dealkylation sites (tertiary alicyclic amines) is 1. The van der Waals surface area contributed by atoms with Crippen molar-refractivity contribution < 1.29 is 18.7 Å². The first-order chi connectivity index (χ1) is 13.7.